The van der Waals surface area contributed by atoms with Gasteiger partial charge in [-0.2, -0.15) is 0 Å². The lowest BCUT2D eigenvalue weighted by Crippen LogP contribution is -2.48. The molecule has 1 aromatic heterocycles. The van der Waals surface area contributed by atoms with Gasteiger partial charge in [0.1, 0.15) is 0 Å². The molecule has 1 aliphatic heterocycles. The molecule has 0 aliphatic carbocycles. The van der Waals surface area contributed by atoms with Crippen LogP contribution in [-0.4, -0.2) is 23.7 Å². The van der Waals surface area contributed by atoms with E-state index in [0.29, 0.717) is 6.54 Å². The third-order valence-corrected chi connectivity index (χ3v) is 3.25. The molecular formula is C13H21N3O. The highest BCUT2D eigenvalue weighted by molar-refractivity contribution is 5.16. The maximum Gasteiger partial charge on any atom is 0.0645 e. The van der Waals surface area contributed by atoms with Gasteiger partial charge in [-0.25, -0.2) is 0 Å². The lowest BCUT2D eigenvalue weighted by atomic mass is 9.94. The zero-order valence-electron chi connectivity index (χ0n) is 10.4. The van der Waals surface area contributed by atoms with E-state index in [2.05, 4.69) is 23.3 Å². The Balaban J connectivity index is 1.92. The van der Waals surface area contributed by atoms with Gasteiger partial charge in [0.25, 0.3) is 0 Å². The Labute approximate surface area is 103 Å². The zero-order valence-corrected chi connectivity index (χ0v) is 10.4. The van der Waals surface area contributed by atoms with Crippen molar-refractivity contribution in [1.29, 1.82) is 0 Å². The van der Waals surface area contributed by atoms with Gasteiger partial charge in [0.05, 0.1) is 12.3 Å². The van der Waals surface area contributed by atoms with Crippen LogP contribution in [0.3, 0.4) is 0 Å². The molecule has 1 aromatic rings. The summed E-state index contributed by atoms with van der Waals surface area (Å²) >= 11 is 0. The Morgan fingerprint density at radius 3 is 3.18 bits per heavy atom. The first-order valence-corrected chi connectivity index (χ1v) is 6.18. The summed E-state index contributed by atoms with van der Waals surface area (Å²) in [7, 11) is 0. The quantitative estimate of drug-likeness (QED) is 0.823. The van der Waals surface area contributed by atoms with Crippen LogP contribution in [0.1, 0.15) is 31.0 Å². The maximum atomic E-state index is 5.58. The van der Waals surface area contributed by atoms with E-state index in [9.17, 15) is 0 Å². The smallest absolute Gasteiger partial charge is 0.0645 e. The van der Waals surface area contributed by atoms with Crippen LogP contribution < -0.4 is 11.1 Å². The molecule has 1 saturated heterocycles. The highest BCUT2D eigenvalue weighted by Gasteiger charge is 2.26. The minimum Gasteiger partial charge on any atom is -0.380 e. The highest BCUT2D eigenvalue weighted by Crippen LogP contribution is 2.18. The Hall–Kier alpha value is -0.970. The average molecular weight is 235 g/mol. The molecule has 0 bridgehead atoms. The van der Waals surface area contributed by atoms with Crippen molar-refractivity contribution in [2.75, 3.05) is 13.2 Å². The van der Waals surface area contributed by atoms with Crippen molar-refractivity contribution in [3.63, 3.8) is 0 Å². The summed E-state index contributed by atoms with van der Waals surface area (Å²) in [6.07, 6.45) is 4.12. The highest BCUT2D eigenvalue weighted by atomic mass is 16.5. The number of pyridine rings is 1. The fraction of sp³-hybridized carbons (Fsp3) is 0.615. The van der Waals surface area contributed by atoms with Crippen molar-refractivity contribution in [2.45, 2.75) is 38.4 Å². The van der Waals surface area contributed by atoms with Crippen LogP contribution in [0.25, 0.3) is 0 Å². The van der Waals surface area contributed by atoms with Crippen molar-refractivity contribution in [3.8, 4) is 0 Å². The molecule has 0 amide bonds. The van der Waals surface area contributed by atoms with E-state index in [1.165, 1.54) is 12.0 Å². The topological polar surface area (TPSA) is 60.2 Å². The fourth-order valence-electron chi connectivity index (χ4n) is 2.14. The molecule has 4 nitrogen and oxygen atoms in total. The minimum absolute atomic E-state index is 0.102. The Morgan fingerprint density at radius 1 is 1.59 bits per heavy atom. The second-order valence-electron chi connectivity index (χ2n) is 4.93. The van der Waals surface area contributed by atoms with Gasteiger partial charge in [-0.1, -0.05) is 0 Å². The molecule has 1 unspecified atom stereocenters. The van der Waals surface area contributed by atoms with E-state index in [0.717, 1.165) is 31.9 Å². The first-order chi connectivity index (χ1) is 8.22. The van der Waals surface area contributed by atoms with Crippen LogP contribution in [0.2, 0.25) is 0 Å². The zero-order chi connectivity index (χ0) is 12.1. The molecule has 1 atom stereocenters. The number of aromatic nitrogens is 1. The van der Waals surface area contributed by atoms with Crippen molar-refractivity contribution in [1.82, 2.24) is 10.3 Å². The van der Waals surface area contributed by atoms with Gasteiger partial charge < -0.3 is 15.8 Å². The molecule has 2 rings (SSSR count). The lowest BCUT2D eigenvalue weighted by molar-refractivity contribution is 0.0278. The van der Waals surface area contributed by atoms with E-state index in [1.807, 2.05) is 12.3 Å². The average Bonchev–Trinajstić information content (AvgIpc) is 2.38. The monoisotopic (exact) mass is 235 g/mol. The molecule has 4 heteroatoms. The van der Waals surface area contributed by atoms with Crippen LogP contribution in [0, 0.1) is 0 Å². The molecule has 0 radical (unpaired) electrons. The first kappa shape index (κ1) is 12.5. The van der Waals surface area contributed by atoms with Gasteiger partial charge in [-0.05, 0) is 37.5 Å². The molecule has 0 saturated carbocycles. The third-order valence-electron chi connectivity index (χ3n) is 3.25. The number of ether oxygens (including phenoxy) is 1. The molecule has 3 N–H and O–H groups in total. The maximum absolute atomic E-state index is 5.58. The van der Waals surface area contributed by atoms with E-state index >= 15 is 0 Å². The van der Waals surface area contributed by atoms with Crippen LogP contribution in [-0.2, 0) is 17.8 Å². The van der Waals surface area contributed by atoms with Gasteiger partial charge in [0.15, 0.2) is 0 Å². The predicted molar refractivity (Wildman–Crippen MR) is 67.4 cm³/mol. The molecule has 0 aromatic carbocycles. The third kappa shape index (κ3) is 3.49. The fourth-order valence-corrected chi connectivity index (χ4v) is 2.14. The second kappa shape index (κ2) is 5.58. The van der Waals surface area contributed by atoms with Gasteiger partial charge in [-0.15, -0.1) is 0 Å². The Bertz CT molecular complexity index is 361. The number of nitrogens with one attached hydrogen (secondary N) is 1. The van der Waals surface area contributed by atoms with E-state index in [-0.39, 0.29) is 5.54 Å². The molecule has 2 heterocycles. The Morgan fingerprint density at radius 2 is 2.47 bits per heavy atom. The van der Waals surface area contributed by atoms with Crippen LogP contribution in [0.4, 0.5) is 0 Å². The van der Waals surface area contributed by atoms with Crippen molar-refractivity contribution in [2.24, 2.45) is 5.73 Å². The molecular weight excluding hydrogens is 214 g/mol. The summed E-state index contributed by atoms with van der Waals surface area (Å²) in [5.41, 5.74) is 7.85. The standard InChI is InChI=1S/C13H21N3O/c1-13(4-2-6-17-10-13)16-9-11-3-5-15-12(7-11)8-14/h3,5,7,16H,2,4,6,8-10,14H2,1H3. The van der Waals surface area contributed by atoms with Gasteiger partial charge >= 0.3 is 0 Å². The summed E-state index contributed by atoms with van der Waals surface area (Å²) in [6, 6.07) is 4.08. The summed E-state index contributed by atoms with van der Waals surface area (Å²) in [5, 5.41) is 3.57. The van der Waals surface area contributed by atoms with Gasteiger partial charge in [0.2, 0.25) is 0 Å². The summed E-state index contributed by atoms with van der Waals surface area (Å²) < 4.78 is 5.52. The summed E-state index contributed by atoms with van der Waals surface area (Å²) in [4.78, 5) is 4.19. The van der Waals surface area contributed by atoms with E-state index < -0.39 is 0 Å². The predicted octanol–water partition coefficient (Wildman–Crippen LogP) is 1.20. The normalized spacial score (nSPS) is 24.8. The van der Waals surface area contributed by atoms with Gasteiger partial charge in [0, 0.05) is 31.4 Å². The minimum atomic E-state index is 0.102. The van der Waals surface area contributed by atoms with Crippen molar-refractivity contribution in [3.05, 3.63) is 29.6 Å². The number of rotatable bonds is 4. The summed E-state index contributed by atoms with van der Waals surface area (Å²) in [5.74, 6) is 0. The lowest BCUT2D eigenvalue weighted by Gasteiger charge is -2.34. The second-order valence-corrected chi connectivity index (χ2v) is 4.93. The molecule has 94 valence electrons. The SMILES string of the molecule is CC1(NCc2ccnc(CN)c2)CCCOC1. The van der Waals surface area contributed by atoms with Crippen molar-refractivity contribution < 1.29 is 4.74 Å². The van der Waals surface area contributed by atoms with Crippen molar-refractivity contribution >= 4 is 0 Å². The van der Waals surface area contributed by atoms with Crippen LogP contribution >= 0.6 is 0 Å². The number of nitrogens with two attached hydrogens (primary N) is 1. The summed E-state index contributed by atoms with van der Waals surface area (Å²) in [6.45, 7) is 5.24. The number of hydrogen-bond acceptors (Lipinski definition) is 4. The van der Waals surface area contributed by atoms with E-state index in [4.69, 9.17) is 10.5 Å². The van der Waals surface area contributed by atoms with Crippen LogP contribution in [0.5, 0.6) is 0 Å². The Kier molecular flexibility index (Phi) is 4.10. The van der Waals surface area contributed by atoms with E-state index in [1.54, 1.807) is 0 Å². The largest absolute Gasteiger partial charge is 0.380 e. The van der Waals surface area contributed by atoms with Gasteiger partial charge in [-0.3, -0.25) is 4.98 Å². The molecule has 0 spiro atoms. The first-order valence-electron chi connectivity index (χ1n) is 6.18. The molecule has 1 fully saturated rings. The number of hydrogen-bond donors (Lipinski definition) is 2. The van der Waals surface area contributed by atoms with Crippen LogP contribution in [0.15, 0.2) is 18.3 Å². The number of nitrogens with zero attached hydrogens (tertiary/aromatic N) is 1. The molecule has 17 heavy (non-hydrogen) atoms. The molecule has 1 aliphatic rings.